The number of nitrogens with zero attached hydrogens (tertiary/aromatic N) is 4. The van der Waals surface area contributed by atoms with Gasteiger partial charge in [0.25, 0.3) is 11.9 Å². The highest BCUT2D eigenvalue weighted by Crippen LogP contribution is 2.45. The summed E-state index contributed by atoms with van der Waals surface area (Å²) in [7, 11) is 0. The summed E-state index contributed by atoms with van der Waals surface area (Å²) in [5.74, 6) is 0.906. The van der Waals surface area contributed by atoms with Crippen LogP contribution in [0.25, 0.3) is 11.2 Å². The van der Waals surface area contributed by atoms with Crippen molar-refractivity contribution in [2.24, 2.45) is 5.41 Å². The summed E-state index contributed by atoms with van der Waals surface area (Å²) in [6.45, 7) is 7.52. The number of ether oxygens (including phenoxy) is 1. The second kappa shape index (κ2) is 7.96. The maximum absolute atomic E-state index is 13.0. The predicted octanol–water partition coefficient (Wildman–Crippen LogP) is 4.28. The number of benzene rings is 1. The van der Waals surface area contributed by atoms with Crippen LogP contribution >= 0.6 is 22.6 Å². The number of oxazole rings is 1. The second-order valence-electron chi connectivity index (χ2n) is 8.79. The Morgan fingerprint density at radius 1 is 1.16 bits per heavy atom. The number of aromatic nitrogens is 2. The van der Waals surface area contributed by atoms with Crippen molar-refractivity contribution >= 4 is 45.7 Å². The van der Waals surface area contributed by atoms with Gasteiger partial charge in [0.1, 0.15) is 5.75 Å². The molecule has 0 unspecified atom stereocenters. The zero-order chi connectivity index (χ0) is 21.6. The van der Waals surface area contributed by atoms with Crippen molar-refractivity contribution in [1.82, 2.24) is 14.9 Å². The third kappa shape index (κ3) is 4.35. The molecule has 31 heavy (non-hydrogen) atoms. The molecule has 0 bridgehead atoms. The SMILES string of the molecule is Cc1ccc2oc(N3CCN(C(=O)c4ccc(OCC5(C)CC5)c(I)c4)CC3)nc2n1. The Hall–Kier alpha value is -2.36. The molecule has 5 rings (SSSR count). The van der Waals surface area contributed by atoms with Gasteiger partial charge in [-0.05, 0) is 72.7 Å². The van der Waals surface area contributed by atoms with E-state index in [0.29, 0.717) is 54.4 Å². The highest BCUT2D eigenvalue weighted by Gasteiger charge is 2.38. The number of hydrogen-bond donors (Lipinski definition) is 0. The van der Waals surface area contributed by atoms with Crippen LogP contribution in [0, 0.1) is 15.9 Å². The first-order valence-corrected chi connectivity index (χ1v) is 11.7. The summed E-state index contributed by atoms with van der Waals surface area (Å²) < 4.78 is 12.8. The van der Waals surface area contributed by atoms with Gasteiger partial charge in [0.15, 0.2) is 5.58 Å². The summed E-state index contributed by atoms with van der Waals surface area (Å²) in [6, 6.07) is 10.1. The lowest BCUT2D eigenvalue weighted by molar-refractivity contribution is 0.0745. The highest BCUT2D eigenvalue weighted by molar-refractivity contribution is 14.1. The molecule has 2 fully saturated rings. The lowest BCUT2D eigenvalue weighted by atomic mass is 10.1. The van der Waals surface area contributed by atoms with E-state index in [1.807, 2.05) is 42.2 Å². The highest BCUT2D eigenvalue weighted by atomic mass is 127. The number of amides is 1. The number of carbonyl (C=O) groups is 1. The van der Waals surface area contributed by atoms with Crippen LogP contribution < -0.4 is 9.64 Å². The van der Waals surface area contributed by atoms with E-state index < -0.39 is 0 Å². The molecule has 8 heteroatoms. The molecule has 1 aromatic carbocycles. The average Bonchev–Trinajstić information content (AvgIpc) is 3.36. The fourth-order valence-electron chi connectivity index (χ4n) is 3.68. The maximum atomic E-state index is 13.0. The van der Waals surface area contributed by atoms with Crippen molar-refractivity contribution in [3.63, 3.8) is 0 Å². The number of aryl methyl sites for hydroxylation is 1. The zero-order valence-corrected chi connectivity index (χ0v) is 19.9. The third-order valence-electron chi connectivity index (χ3n) is 6.08. The van der Waals surface area contributed by atoms with E-state index >= 15 is 0 Å². The number of hydrogen-bond acceptors (Lipinski definition) is 6. The van der Waals surface area contributed by atoms with Gasteiger partial charge < -0.3 is 19.0 Å². The van der Waals surface area contributed by atoms with Crippen LogP contribution in [0.3, 0.4) is 0 Å². The second-order valence-corrected chi connectivity index (χ2v) is 9.96. The number of anilines is 1. The van der Waals surface area contributed by atoms with Crippen molar-refractivity contribution in [3.05, 3.63) is 45.2 Å². The van der Waals surface area contributed by atoms with Crippen LogP contribution in [0.2, 0.25) is 0 Å². The van der Waals surface area contributed by atoms with E-state index in [0.717, 1.165) is 21.6 Å². The largest absolute Gasteiger partial charge is 0.492 e. The third-order valence-corrected chi connectivity index (χ3v) is 6.92. The molecule has 0 atom stereocenters. The van der Waals surface area contributed by atoms with Crippen molar-refractivity contribution in [2.75, 3.05) is 37.7 Å². The number of rotatable bonds is 5. The van der Waals surface area contributed by atoms with Gasteiger partial charge in [0.05, 0.1) is 10.2 Å². The van der Waals surface area contributed by atoms with Gasteiger partial charge in [-0.3, -0.25) is 4.79 Å². The molecule has 1 aliphatic heterocycles. The number of pyridine rings is 1. The molecule has 1 saturated heterocycles. The molecule has 162 valence electrons. The Morgan fingerprint density at radius 3 is 2.65 bits per heavy atom. The van der Waals surface area contributed by atoms with E-state index in [4.69, 9.17) is 9.15 Å². The number of halogens is 1. The number of piperazine rings is 1. The minimum absolute atomic E-state index is 0.0492. The Bertz CT molecular complexity index is 1130. The van der Waals surface area contributed by atoms with Crippen molar-refractivity contribution in [2.45, 2.75) is 26.7 Å². The van der Waals surface area contributed by atoms with Crippen LogP contribution in [0.15, 0.2) is 34.7 Å². The minimum atomic E-state index is 0.0492. The van der Waals surface area contributed by atoms with Crippen molar-refractivity contribution in [1.29, 1.82) is 0 Å². The first kappa shape index (κ1) is 20.5. The van der Waals surface area contributed by atoms with Crippen molar-refractivity contribution in [3.8, 4) is 5.75 Å². The number of carbonyl (C=O) groups excluding carboxylic acids is 1. The van der Waals surface area contributed by atoms with E-state index in [1.54, 1.807) is 0 Å². The van der Waals surface area contributed by atoms with Crippen LogP contribution in [0.5, 0.6) is 5.75 Å². The molecule has 3 aromatic rings. The fraction of sp³-hybridized carbons (Fsp3) is 0.435. The molecule has 0 N–H and O–H groups in total. The molecular formula is C23H25IN4O3. The van der Waals surface area contributed by atoms with Crippen molar-refractivity contribution < 1.29 is 13.9 Å². The molecule has 1 amide bonds. The van der Waals surface area contributed by atoms with Crippen LogP contribution in [-0.4, -0.2) is 53.6 Å². The minimum Gasteiger partial charge on any atom is -0.492 e. The summed E-state index contributed by atoms with van der Waals surface area (Å²) in [6.07, 6.45) is 2.46. The summed E-state index contributed by atoms with van der Waals surface area (Å²) in [5, 5.41) is 0. The molecule has 2 aliphatic rings. The van der Waals surface area contributed by atoms with Crippen LogP contribution in [0.4, 0.5) is 6.01 Å². The van der Waals surface area contributed by atoms with E-state index in [1.165, 1.54) is 12.8 Å². The predicted molar refractivity (Wildman–Crippen MR) is 127 cm³/mol. The zero-order valence-electron chi connectivity index (χ0n) is 17.7. The first-order chi connectivity index (χ1) is 14.9. The van der Waals surface area contributed by atoms with Gasteiger partial charge in [-0.1, -0.05) is 6.92 Å². The maximum Gasteiger partial charge on any atom is 0.300 e. The van der Waals surface area contributed by atoms with Gasteiger partial charge in [0, 0.05) is 42.9 Å². The molecule has 0 radical (unpaired) electrons. The Labute approximate surface area is 194 Å². The fourth-order valence-corrected chi connectivity index (χ4v) is 4.35. The van der Waals surface area contributed by atoms with Crippen LogP contribution in [-0.2, 0) is 0 Å². The lowest BCUT2D eigenvalue weighted by Crippen LogP contribution is -2.48. The summed E-state index contributed by atoms with van der Waals surface area (Å²) >= 11 is 2.25. The smallest absolute Gasteiger partial charge is 0.300 e. The van der Waals surface area contributed by atoms with Gasteiger partial charge in [0.2, 0.25) is 5.65 Å². The molecule has 0 spiro atoms. The monoisotopic (exact) mass is 532 g/mol. The average molecular weight is 532 g/mol. The molecule has 3 heterocycles. The lowest BCUT2D eigenvalue weighted by Gasteiger charge is -2.33. The van der Waals surface area contributed by atoms with E-state index in [-0.39, 0.29) is 5.91 Å². The summed E-state index contributed by atoms with van der Waals surface area (Å²) in [4.78, 5) is 25.9. The first-order valence-electron chi connectivity index (χ1n) is 10.6. The topological polar surface area (TPSA) is 71.7 Å². The quantitative estimate of drug-likeness (QED) is 0.457. The van der Waals surface area contributed by atoms with Crippen LogP contribution in [0.1, 0.15) is 35.8 Å². The standard InChI is InChI=1S/C23H25IN4O3/c1-15-3-5-19-20(25-15)26-22(31-19)28-11-9-27(10-12-28)21(29)16-4-6-18(17(24)13-16)30-14-23(2)7-8-23/h3-6,13H,7-12,14H2,1-2H3. The van der Waals surface area contributed by atoms with Gasteiger partial charge in [-0.2, -0.15) is 4.98 Å². The number of fused-ring (bicyclic) bond motifs is 1. The van der Waals surface area contributed by atoms with Gasteiger partial charge >= 0.3 is 0 Å². The Morgan fingerprint density at radius 2 is 1.94 bits per heavy atom. The van der Waals surface area contributed by atoms with E-state index in [9.17, 15) is 4.79 Å². The Balaban J connectivity index is 1.21. The molecule has 1 saturated carbocycles. The molecule has 7 nitrogen and oxygen atoms in total. The molecule has 1 aliphatic carbocycles. The normalized spacial score (nSPS) is 17.8. The van der Waals surface area contributed by atoms with Gasteiger partial charge in [-0.25, -0.2) is 4.98 Å². The molecular weight excluding hydrogens is 507 g/mol. The molecule has 2 aromatic heterocycles. The van der Waals surface area contributed by atoms with E-state index in [2.05, 4.69) is 44.4 Å². The van der Waals surface area contributed by atoms with Gasteiger partial charge in [-0.15, -0.1) is 0 Å². The summed E-state index contributed by atoms with van der Waals surface area (Å²) in [5.41, 5.74) is 3.26. The Kier molecular flexibility index (Phi) is 5.27.